The minimum Gasteiger partial charge on any atom is -0.466 e. The van der Waals surface area contributed by atoms with Gasteiger partial charge in [0.15, 0.2) is 0 Å². The van der Waals surface area contributed by atoms with Gasteiger partial charge in [-0.1, -0.05) is 6.07 Å². The Morgan fingerprint density at radius 2 is 2.00 bits per heavy atom. The number of carbonyl (C=O) groups is 1. The quantitative estimate of drug-likeness (QED) is 0.782. The van der Waals surface area contributed by atoms with Crippen molar-refractivity contribution in [1.82, 2.24) is 0 Å². The highest BCUT2D eigenvalue weighted by molar-refractivity contribution is 5.73. The number of esters is 1. The maximum absolute atomic E-state index is 12.0. The molecule has 0 unspecified atom stereocenters. The molecule has 1 aromatic rings. The zero-order valence-electron chi connectivity index (χ0n) is 10.0. The van der Waals surface area contributed by atoms with Gasteiger partial charge in [-0.25, -0.2) is 0 Å². The second-order valence-corrected chi connectivity index (χ2v) is 3.62. The van der Waals surface area contributed by atoms with Crippen LogP contribution in [0.1, 0.15) is 18.1 Å². The first kappa shape index (κ1) is 14.3. The maximum atomic E-state index is 12.0. The highest BCUT2D eigenvalue weighted by atomic mass is 19.4. The van der Waals surface area contributed by atoms with Gasteiger partial charge in [-0.05, 0) is 37.1 Å². The van der Waals surface area contributed by atoms with Crippen LogP contribution >= 0.6 is 0 Å². The van der Waals surface area contributed by atoms with Crippen molar-refractivity contribution in [3.63, 3.8) is 0 Å². The van der Waals surface area contributed by atoms with Crippen molar-refractivity contribution in [3.8, 4) is 5.75 Å². The fraction of sp³-hybridized carbons (Fsp3) is 0.417. The highest BCUT2D eigenvalue weighted by Gasteiger charge is 2.31. The molecule has 0 N–H and O–H groups in total. The zero-order chi connectivity index (χ0) is 13.8. The van der Waals surface area contributed by atoms with E-state index in [1.165, 1.54) is 18.2 Å². The number of halogens is 3. The molecule has 0 heterocycles. The number of hydrogen-bond donors (Lipinski definition) is 0. The number of ether oxygens (including phenoxy) is 2. The van der Waals surface area contributed by atoms with E-state index in [1.54, 1.807) is 13.8 Å². The number of alkyl halides is 3. The summed E-state index contributed by atoms with van der Waals surface area (Å²) in [4.78, 5) is 11.3. The van der Waals surface area contributed by atoms with Gasteiger partial charge < -0.3 is 9.47 Å². The van der Waals surface area contributed by atoms with E-state index in [2.05, 4.69) is 4.74 Å². The third kappa shape index (κ3) is 4.65. The lowest BCUT2D eigenvalue weighted by Crippen LogP contribution is -2.17. The van der Waals surface area contributed by atoms with Crippen molar-refractivity contribution >= 4 is 5.97 Å². The molecule has 0 bridgehead atoms. The molecule has 18 heavy (non-hydrogen) atoms. The molecule has 0 aliphatic carbocycles. The second-order valence-electron chi connectivity index (χ2n) is 3.62. The Bertz CT molecular complexity index is 427. The number of hydrogen-bond acceptors (Lipinski definition) is 3. The molecule has 0 amide bonds. The van der Waals surface area contributed by atoms with Crippen LogP contribution in [0, 0.1) is 6.92 Å². The number of aryl methyl sites for hydroxylation is 1. The van der Waals surface area contributed by atoms with Crippen LogP contribution in [-0.4, -0.2) is 18.9 Å². The van der Waals surface area contributed by atoms with E-state index >= 15 is 0 Å². The molecular formula is C12H13F3O3. The van der Waals surface area contributed by atoms with E-state index in [0.717, 1.165) is 0 Å². The smallest absolute Gasteiger partial charge is 0.466 e. The fourth-order valence-corrected chi connectivity index (χ4v) is 1.40. The van der Waals surface area contributed by atoms with Gasteiger partial charge in [-0.2, -0.15) is 0 Å². The molecule has 0 radical (unpaired) electrons. The molecule has 6 heteroatoms. The molecule has 1 rings (SSSR count). The van der Waals surface area contributed by atoms with Crippen LogP contribution < -0.4 is 4.74 Å². The molecule has 0 saturated carbocycles. The normalized spacial score (nSPS) is 11.2. The molecule has 0 aromatic heterocycles. The van der Waals surface area contributed by atoms with Crippen LogP contribution in [-0.2, 0) is 16.0 Å². The molecule has 1 aromatic carbocycles. The van der Waals surface area contributed by atoms with Crippen LogP contribution in [0.15, 0.2) is 18.2 Å². The number of rotatable bonds is 4. The first-order valence-electron chi connectivity index (χ1n) is 5.32. The van der Waals surface area contributed by atoms with Crippen molar-refractivity contribution < 1.29 is 27.4 Å². The molecular weight excluding hydrogens is 249 g/mol. The summed E-state index contributed by atoms with van der Waals surface area (Å²) in [5, 5.41) is 0. The third-order valence-corrected chi connectivity index (χ3v) is 2.19. The standard InChI is InChI=1S/C12H13F3O3/c1-3-17-11(16)7-9-6-10(5-4-8(9)2)18-12(13,14)15/h4-6H,3,7H2,1-2H3. The Kier molecular flexibility index (Phi) is 4.58. The number of benzene rings is 1. The molecule has 0 atom stereocenters. The van der Waals surface area contributed by atoms with Gasteiger partial charge in [-0.3, -0.25) is 4.79 Å². The van der Waals surface area contributed by atoms with Crippen molar-refractivity contribution in [2.24, 2.45) is 0 Å². The molecule has 0 fully saturated rings. The highest BCUT2D eigenvalue weighted by Crippen LogP contribution is 2.25. The summed E-state index contributed by atoms with van der Waals surface area (Å²) < 4.78 is 44.7. The lowest BCUT2D eigenvalue weighted by Gasteiger charge is -2.11. The first-order valence-corrected chi connectivity index (χ1v) is 5.32. The fourth-order valence-electron chi connectivity index (χ4n) is 1.40. The van der Waals surface area contributed by atoms with Crippen LogP contribution in [0.4, 0.5) is 13.2 Å². The van der Waals surface area contributed by atoms with Crippen LogP contribution in [0.25, 0.3) is 0 Å². The molecule has 0 saturated heterocycles. The van der Waals surface area contributed by atoms with Gasteiger partial charge >= 0.3 is 12.3 Å². The molecule has 100 valence electrons. The third-order valence-electron chi connectivity index (χ3n) is 2.19. The Balaban J connectivity index is 2.84. The molecule has 0 aliphatic rings. The maximum Gasteiger partial charge on any atom is 0.573 e. The second kappa shape index (κ2) is 5.75. The predicted octanol–water partition coefficient (Wildman–Crippen LogP) is 3.00. The van der Waals surface area contributed by atoms with Crippen molar-refractivity contribution in [2.45, 2.75) is 26.6 Å². The van der Waals surface area contributed by atoms with Gasteiger partial charge in [0.2, 0.25) is 0 Å². The SMILES string of the molecule is CCOC(=O)Cc1cc(OC(F)(F)F)ccc1C. The molecule has 0 spiro atoms. The average molecular weight is 262 g/mol. The van der Waals surface area contributed by atoms with Crippen LogP contribution in [0.3, 0.4) is 0 Å². The van der Waals surface area contributed by atoms with E-state index in [-0.39, 0.29) is 18.8 Å². The summed E-state index contributed by atoms with van der Waals surface area (Å²) in [6, 6.07) is 3.87. The molecule has 0 aliphatic heterocycles. The first-order chi connectivity index (χ1) is 8.31. The topological polar surface area (TPSA) is 35.5 Å². The lowest BCUT2D eigenvalue weighted by atomic mass is 10.1. The summed E-state index contributed by atoms with van der Waals surface area (Å²) >= 11 is 0. The summed E-state index contributed by atoms with van der Waals surface area (Å²) in [6.45, 7) is 3.59. The van der Waals surface area contributed by atoms with E-state index in [4.69, 9.17) is 4.74 Å². The lowest BCUT2D eigenvalue weighted by molar-refractivity contribution is -0.274. The van der Waals surface area contributed by atoms with Gasteiger partial charge in [-0.15, -0.1) is 13.2 Å². The Morgan fingerprint density at radius 3 is 2.56 bits per heavy atom. The predicted molar refractivity (Wildman–Crippen MR) is 58.2 cm³/mol. The average Bonchev–Trinajstić information content (AvgIpc) is 2.21. The van der Waals surface area contributed by atoms with Gasteiger partial charge in [0.1, 0.15) is 5.75 Å². The van der Waals surface area contributed by atoms with E-state index < -0.39 is 12.3 Å². The van der Waals surface area contributed by atoms with E-state index in [9.17, 15) is 18.0 Å². The minimum atomic E-state index is -4.74. The van der Waals surface area contributed by atoms with Gasteiger partial charge in [0.25, 0.3) is 0 Å². The summed E-state index contributed by atoms with van der Waals surface area (Å²) in [5.74, 6) is -0.822. The van der Waals surface area contributed by atoms with E-state index in [0.29, 0.717) is 11.1 Å². The molecule has 3 nitrogen and oxygen atoms in total. The Hall–Kier alpha value is -1.72. The Morgan fingerprint density at radius 1 is 1.33 bits per heavy atom. The van der Waals surface area contributed by atoms with Gasteiger partial charge in [0, 0.05) is 0 Å². The number of carbonyl (C=O) groups excluding carboxylic acids is 1. The summed E-state index contributed by atoms with van der Waals surface area (Å²) in [6.07, 6.45) is -4.81. The summed E-state index contributed by atoms with van der Waals surface area (Å²) in [7, 11) is 0. The van der Waals surface area contributed by atoms with Crippen molar-refractivity contribution in [2.75, 3.05) is 6.61 Å². The minimum absolute atomic E-state index is 0.0747. The van der Waals surface area contributed by atoms with Crippen LogP contribution in [0.2, 0.25) is 0 Å². The Labute approximate surface area is 103 Å². The van der Waals surface area contributed by atoms with Crippen LogP contribution in [0.5, 0.6) is 5.75 Å². The largest absolute Gasteiger partial charge is 0.573 e. The summed E-state index contributed by atoms with van der Waals surface area (Å²) in [5.41, 5.74) is 1.16. The zero-order valence-corrected chi connectivity index (χ0v) is 10.0. The van der Waals surface area contributed by atoms with Crippen molar-refractivity contribution in [1.29, 1.82) is 0 Å². The van der Waals surface area contributed by atoms with Crippen molar-refractivity contribution in [3.05, 3.63) is 29.3 Å². The van der Waals surface area contributed by atoms with Gasteiger partial charge in [0.05, 0.1) is 13.0 Å². The van der Waals surface area contributed by atoms with E-state index in [1.807, 2.05) is 0 Å². The monoisotopic (exact) mass is 262 g/mol.